The van der Waals surface area contributed by atoms with Crippen molar-refractivity contribution in [3.05, 3.63) is 110 Å². The zero-order valence-corrected chi connectivity index (χ0v) is 23.9. The number of rotatable bonds is 5. The molecular formula is C30H21F4N3O4S2. The molecule has 7 nitrogen and oxygen atoms in total. The van der Waals surface area contributed by atoms with Crippen molar-refractivity contribution in [1.29, 1.82) is 0 Å². The summed E-state index contributed by atoms with van der Waals surface area (Å²) < 4.78 is 55.5. The molecule has 4 aromatic rings. The maximum atomic E-state index is 13.9. The van der Waals surface area contributed by atoms with Crippen molar-refractivity contribution >= 4 is 52.2 Å². The van der Waals surface area contributed by atoms with Crippen LogP contribution in [0.25, 0.3) is 0 Å². The molecule has 2 aliphatic rings. The largest absolute Gasteiger partial charge is 0.416 e. The van der Waals surface area contributed by atoms with Gasteiger partial charge in [0.25, 0.3) is 0 Å². The normalized spacial score (nSPS) is 19.7. The van der Waals surface area contributed by atoms with Gasteiger partial charge in [0.05, 0.1) is 22.2 Å². The Morgan fingerprint density at radius 1 is 0.953 bits per heavy atom. The van der Waals surface area contributed by atoms with E-state index in [0.29, 0.717) is 21.2 Å². The molecule has 13 heteroatoms. The number of imide groups is 1. The summed E-state index contributed by atoms with van der Waals surface area (Å²) in [5.41, 5.74) is 0.656. The summed E-state index contributed by atoms with van der Waals surface area (Å²) >= 11 is 1.74. The molecule has 0 radical (unpaired) electrons. The van der Waals surface area contributed by atoms with Gasteiger partial charge in [0, 0.05) is 16.5 Å². The number of nitrogens with zero attached hydrogens (tertiary/aromatic N) is 2. The average Bonchev–Trinajstić information content (AvgIpc) is 3.39. The molecule has 3 heterocycles. The third-order valence-corrected chi connectivity index (χ3v) is 9.92. The van der Waals surface area contributed by atoms with E-state index in [2.05, 4.69) is 5.32 Å². The molecule has 0 spiro atoms. The molecule has 3 aromatic carbocycles. The molecule has 1 N–H and O–H groups in total. The van der Waals surface area contributed by atoms with Crippen LogP contribution in [0.5, 0.6) is 0 Å². The van der Waals surface area contributed by atoms with Crippen LogP contribution in [0, 0.1) is 18.7 Å². The zero-order valence-electron chi connectivity index (χ0n) is 22.2. The molecule has 1 fully saturated rings. The first-order valence-electron chi connectivity index (χ1n) is 13.0. The first-order valence-corrected chi connectivity index (χ1v) is 14.7. The van der Waals surface area contributed by atoms with Crippen LogP contribution in [0.3, 0.4) is 0 Å². The fraction of sp³-hybridized carbons (Fsp3) is 0.200. The number of benzene rings is 3. The third kappa shape index (κ3) is 5.27. The lowest BCUT2D eigenvalue weighted by molar-refractivity contribution is -0.137. The highest BCUT2D eigenvalue weighted by molar-refractivity contribution is 8.00. The standard InChI is InChI=1S/C30H21F4N3O4S2/c1-15-4-2-6-19(12-15)35-21(38)14-36-28-25(43-29(36)41)22(16-8-10-18(31)11-9-16)23-24(42-28)27(40)37(26(23)39)20-7-3-5-17(13-20)30(32,33)34/h2-13,22-24H,14H2,1H3,(H,35,38). The van der Waals surface area contributed by atoms with Gasteiger partial charge in [0.15, 0.2) is 0 Å². The fourth-order valence-electron chi connectivity index (χ4n) is 5.43. The Bertz CT molecular complexity index is 1830. The average molecular weight is 628 g/mol. The van der Waals surface area contributed by atoms with Crippen LogP contribution < -0.4 is 15.1 Å². The maximum absolute atomic E-state index is 13.9. The number of anilines is 2. The highest BCUT2D eigenvalue weighted by atomic mass is 32.2. The second-order valence-electron chi connectivity index (χ2n) is 10.2. The van der Waals surface area contributed by atoms with Gasteiger partial charge < -0.3 is 5.32 Å². The Kier molecular flexibility index (Phi) is 7.25. The molecule has 1 aromatic heterocycles. The van der Waals surface area contributed by atoms with Crippen LogP contribution in [-0.2, 0) is 27.1 Å². The van der Waals surface area contributed by atoms with Crippen molar-refractivity contribution in [2.24, 2.45) is 5.92 Å². The molecule has 43 heavy (non-hydrogen) atoms. The Balaban J connectivity index is 1.41. The van der Waals surface area contributed by atoms with Gasteiger partial charge in [-0.25, -0.2) is 9.29 Å². The minimum Gasteiger partial charge on any atom is -0.325 e. The summed E-state index contributed by atoms with van der Waals surface area (Å²) in [6, 6.07) is 16.3. The summed E-state index contributed by atoms with van der Waals surface area (Å²) in [5.74, 6) is -4.47. The highest BCUT2D eigenvalue weighted by Crippen LogP contribution is 2.54. The second-order valence-corrected chi connectivity index (χ2v) is 12.3. The number of thiazole rings is 1. The number of fused-ring (bicyclic) bond motifs is 2. The summed E-state index contributed by atoms with van der Waals surface area (Å²) in [5, 5.41) is 1.94. The van der Waals surface area contributed by atoms with E-state index in [-0.39, 0.29) is 12.2 Å². The number of thioether (sulfide) groups is 1. The Morgan fingerprint density at radius 2 is 1.67 bits per heavy atom. The first kappa shape index (κ1) is 28.9. The molecule has 1 saturated heterocycles. The molecule has 3 unspecified atom stereocenters. The summed E-state index contributed by atoms with van der Waals surface area (Å²) in [7, 11) is 0. The van der Waals surface area contributed by atoms with Crippen LogP contribution >= 0.6 is 23.1 Å². The molecule has 0 saturated carbocycles. The van der Waals surface area contributed by atoms with E-state index in [4.69, 9.17) is 0 Å². The van der Waals surface area contributed by atoms with Crippen LogP contribution in [0.4, 0.5) is 28.9 Å². The van der Waals surface area contributed by atoms with Crippen LogP contribution in [0.1, 0.15) is 27.5 Å². The zero-order chi connectivity index (χ0) is 30.6. The van der Waals surface area contributed by atoms with Gasteiger partial charge >= 0.3 is 11.0 Å². The number of halogens is 4. The fourth-order valence-corrected chi connectivity index (χ4v) is 8.20. The van der Waals surface area contributed by atoms with Crippen molar-refractivity contribution < 1.29 is 31.9 Å². The number of hydrogen-bond acceptors (Lipinski definition) is 6. The second kappa shape index (κ2) is 10.8. The minimum absolute atomic E-state index is 0.226. The van der Waals surface area contributed by atoms with Gasteiger partial charge in [-0.15, -0.1) is 0 Å². The van der Waals surface area contributed by atoms with Crippen LogP contribution in [0.15, 0.2) is 82.6 Å². The van der Waals surface area contributed by atoms with Gasteiger partial charge in [-0.2, -0.15) is 13.2 Å². The quantitative estimate of drug-likeness (QED) is 0.223. The van der Waals surface area contributed by atoms with E-state index in [1.165, 1.54) is 34.9 Å². The van der Waals surface area contributed by atoms with Crippen LogP contribution in [0.2, 0.25) is 0 Å². The number of alkyl halides is 3. The molecule has 2 aliphatic heterocycles. The van der Waals surface area contributed by atoms with E-state index >= 15 is 0 Å². The topological polar surface area (TPSA) is 88.5 Å². The number of nitrogens with one attached hydrogen (secondary N) is 1. The number of carbonyl (C=O) groups is 3. The molecule has 0 bridgehead atoms. The Morgan fingerprint density at radius 3 is 2.37 bits per heavy atom. The smallest absolute Gasteiger partial charge is 0.325 e. The van der Waals surface area contributed by atoms with Crippen LogP contribution in [-0.4, -0.2) is 27.5 Å². The molecule has 0 aliphatic carbocycles. The van der Waals surface area contributed by atoms with Gasteiger partial charge in [0.2, 0.25) is 17.7 Å². The third-order valence-electron chi connectivity index (χ3n) is 7.31. The molecule has 3 atom stereocenters. The first-order chi connectivity index (χ1) is 20.4. The van der Waals surface area contributed by atoms with Crippen molar-refractivity contribution in [2.45, 2.75) is 35.8 Å². The highest BCUT2D eigenvalue weighted by Gasteiger charge is 2.57. The lowest BCUT2D eigenvalue weighted by Crippen LogP contribution is -2.33. The van der Waals surface area contributed by atoms with E-state index < -0.39 is 57.2 Å². The van der Waals surface area contributed by atoms with Crippen molar-refractivity contribution in [1.82, 2.24) is 4.57 Å². The number of carbonyl (C=O) groups excluding carboxylic acids is 3. The van der Waals surface area contributed by atoms with Crippen molar-refractivity contribution in [3.8, 4) is 0 Å². The van der Waals surface area contributed by atoms with E-state index in [0.717, 1.165) is 51.8 Å². The monoisotopic (exact) mass is 627 g/mol. The Hall–Kier alpha value is -4.23. The summed E-state index contributed by atoms with van der Waals surface area (Å²) in [6.07, 6.45) is -4.70. The van der Waals surface area contributed by atoms with Crippen molar-refractivity contribution in [3.63, 3.8) is 0 Å². The van der Waals surface area contributed by atoms with Gasteiger partial charge in [-0.3, -0.25) is 23.7 Å². The van der Waals surface area contributed by atoms with E-state index in [9.17, 15) is 36.7 Å². The van der Waals surface area contributed by atoms with Gasteiger partial charge in [-0.05, 0) is 60.5 Å². The SMILES string of the molecule is Cc1cccc(NC(=O)Cn2c3c(sc2=O)C(c2ccc(F)cc2)C2C(=O)N(c4cccc(C(F)(F)F)c4)C(=O)C2S3)c1. The number of hydrogen-bond donors (Lipinski definition) is 1. The van der Waals surface area contributed by atoms with Gasteiger partial charge in [0.1, 0.15) is 17.6 Å². The van der Waals surface area contributed by atoms with E-state index in [1.807, 2.05) is 13.0 Å². The van der Waals surface area contributed by atoms with Crippen molar-refractivity contribution in [2.75, 3.05) is 10.2 Å². The molecule has 6 rings (SSSR count). The number of aryl methyl sites for hydroxylation is 1. The molecule has 220 valence electrons. The summed E-state index contributed by atoms with van der Waals surface area (Å²) in [6.45, 7) is 1.49. The minimum atomic E-state index is -4.70. The number of aromatic nitrogens is 1. The lowest BCUT2D eigenvalue weighted by Gasteiger charge is -2.30. The van der Waals surface area contributed by atoms with E-state index in [1.54, 1.807) is 18.2 Å². The number of amides is 3. The predicted molar refractivity (Wildman–Crippen MR) is 154 cm³/mol. The maximum Gasteiger partial charge on any atom is 0.416 e. The van der Waals surface area contributed by atoms with Gasteiger partial charge in [-0.1, -0.05) is 53.4 Å². The molecule has 3 amide bonds. The molecular weight excluding hydrogens is 606 g/mol. The summed E-state index contributed by atoms with van der Waals surface area (Å²) in [4.78, 5) is 54.5. The Labute approximate surface area is 250 Å². The predicted octanol–water partition coefficient (Wildman–Crippen LogP) is 5.81. The lowest BCUT2D eigenvalue weighted by atomic mass is 9.83.